The lowest BCUT2D eigenvalue weighted by Crippen LogP contribution is -2.02. The molecule has 96 valence electrons. The van der Waals surface area contributed by atoms with E-state index < -0.39 is 0 Å². The van der Waals surface area contributed by atoms with Crippen LogP contribution in [0, 0.1) is 13.8 Å². The average Bonchev–Trinajstić information content (AvgIpc) is 2.82. The Morgan fingerprint density at radius 3 is 2.74 bits per heavy atom. The number of aryl methyl sites for hydroxylation is 2. The lowest BCUT2D eigenvalue weighted by Gasteiger charge is -2.08. The number of anilines is 1. The summed E-state index contributed by atoms with van der Waals surface area (Å²) in [7, 11) is 0. The molecule has 0 saturated carbocycles. The smallest absolute Gasteiger partial charge is 0.129 e. The molecule has 0 spiro atoms. The molecule has 0 radical (unpaired) electrons. The Balaban J connectivity index is 1.86. The van der Waals surface area contributed by atoms with Crippen LogP contribution in [0.1, 0.15) is 17.1 Å². The van der Waals surface area contributed by atoms with Crippen molar-refractivity contribution in [3.05, 3.63) is 59.5 Å². The predicted molar refractivity (Wildman–Crippen MR) is 77.3 cm³/mol. The van der Waals surface area contributed by atoms with Crippen LogP contribution in [0.5, 0.6) is 0 Å². The molecule has 3 aromatic rings. The molecule has 3 heteroatoms. The van der Waals surface area contributed by atoms with E-state index in [1.807, 2.05) is 37.3 Å². The quantitative estimate of drug-likeness (QED) is 0.764. The fourth-order valence-electron chi connectivity index (χ4n) is 2.15. The number of hydrogen-bond donors (Lipinski definition) is 1. The lowest BCUT2D eigenvalue weighted by molar-refractivity contribution is 0.490. The van der Waals surface area contributed by atoms with Crippen LogP contribution < -0.4 is 5.32 Å². The Hall–Kier alpha value is -2.29. The first kappa shape index (κ1) is 11.8. The minimum absolute atomic E-state index is 0.653. The van der Waals surface area contributed by atoms with E-state index in [9.17, 15) is 0 Å². The molecule has 2 heterocycles. The molecule has 3 rings (SSSR count). The van der Waals surface area contributed by atoms with Crippen molar-refractivity contribution in [1.82, 2.24) is 4.98 Å². The van der Waals surface area contributed by atoms with Crippen molar-refractivity contribution in [3.8, 4) is 0 Å². The zero-order valence-corrected chi connectivity index (χ0v) is 11.1. The van der Waals surface area contributed by atoms with Crippen LogP contribution >= 0.6 is 0 Å². The SMILES string of the molecule is Cc1ccc(CNc2nc3ccccc3cc2C)o1. The van der Waals surface area contributed by atoms with Gasteiger partial charge in [0.05, 0.1) is 12.1 Å². The fourth-order valence-corrected chi connectivity index (χ4v) is 2.15. The van der Waals surface area contributed by atoms with E-state index in [0.29, 0.717) is 6.54 Å². The number of fused-ring (bicyclic) bond motifs is 1. The number of rotatable bonds is 3. The molecular formula is C16H16N2O. The molecule has 0 aliphatic rings. The first-order chi connectivity index (χ1) is 9.22. The Morgan fingerprint density at radius 1 is 1.11 bits per heavy atom. The van der Waals surface area contributed by atoms with Crippen LogP contribution in [0.2, 0.25) is 0 Å². The fraction of sp³-hybridized carbons (Fsp3) is 0.188. The van der Waals surface area contributed by atoms with Crippen LogP contribution in [0.25, 0.3) is 10.9 Å². The highest BCUT2D eigenvalue weighted by Gasteiger charge is 2.04. The van der Waals surface area contributed by atoms with Crippen LogP contribution in [-0.4, -0.2) is 4.98 Å². The molecule has 0 bridgehead atoms. The van der Waals surface area contributed by atoms with Gasteiger partial charge in [-0.25, -0.2) is 4.98 Å². The maximum Gasteiger partial charge on any atom is 0.129 e. The number of hydrogen-bond acceptors (Lipinski definition) is 3. The van der Waals surface area contributed by atoms with E-state index >= 15 is 0 Å². The molecule has 0 aliphatic heterocycles. The minimum atomic E-state index is 0.653. The number of nitrogens with one attached hydrogen (secondary N) is 1. The van der Waals surface area contributed by atoms with Crippen LogP contribution in [0.4, 0.5) is 5.82 Å². The van der Waals surface area contributed by atoms with Crippen molar-refractivity contribution >= 4 is 16.7 Å². The number of aromatic nitrogens is 1. The van der Waals surface area contributed by atoms with Gasteiger partial charge in [0.2, 0.25) is 0 Å². The summed E-state index contributed by atoms with van der Waals surface area (Å²) in [5, 5.41) is 4.50. The number of furan rings is 1. The second kappa shape index (κ2) is 4.76. The van der Waals surface area contributed by atoms with Crippen molar-refractivity contribution in [3.63, 3.8) is 0 Å². The molecule has 3 nitrogen and oxygen atoms in total. The molecule has 2 aromatic heterocycles. The third-order valence-corrected chi connectivity index (χ3v) is 3.14. The number of nitrogens with zero attached hydrogens (tertiary/aromatic N) is 1. The molecule has 1 aromatic carbocycles. The average molecular weight is 252 g/mol. The summed E-state index contributed by atoms with van der Waals surface area (Å²) in [6, 6.07) is 14.2. The lowest BCUT2D eigenvalue weighted by atomic mass is 10.1. The maximum atomic E-state index is 5.54. The largest absolute Gasteiger partial charge is 0.465 e. The van der Waals surface area contributed by atoms with Gasteiger partial charge in [-0.2, -0.15) is 0 Å². The van der Waals surface area contributed by atoms with Crippen molar-refractivity contribution in [1.29, 1.82) is 0 Å². The molecule has 19 heavy (non-hydrogen) atoms. The van der Waals surface area contributed by atoms with Gasteiger partial charge in [0, 0.05) is 5.39 Å². The van der Waals surface area contributed by atoms with Crippen molar-refractivity contribution in [2.45, 2.75) is 20.4 Å². The van der Waals surface area contributed by atoms with Crippen LogP contribution in [0.15, 0.2) is 46.9 Å². The van der Waals surface area contributed by atoms with E-state index in [1.165, 1.54) is 5.39 Å². The topological polar surface area (TPSA) is 38.1 Å². The summed E-state index contributed by atoms with van der Waals surface area (Å²) in [6.45, 7) is 4.66. The van der Waals surface area contributed by atoms with Gasteiger partial charge in [-0.05, 0) is 43.7 Å². The Morgan fingerprint density at radius 2 is 1.95 bits per heavy atom. The van der Waals surface area contributed by atoms with Gasteiger partial charge in [-0.1, -0.05) is 18.2 Å². The monoisotopic (exact) mass is 252 g/mol. The highest BCUT2D eigenvalue weighted by atomic mass is 16.3. The number of pyridine rings is 1. The summed E-state index contributed by atoms with van der Waals surface area (Å²) in [6.07, 6.45) is 0. The molecule has 0 saturated heterocycles. The Kier molecular flexibility index (Phi) is 2.95. The first-order valence-electron chi connectivity index (χ1n) is 6.38. The second-order valence-electron chi connectivity index (χ2n) is 4.71. The summed E-state index contributed by atoms with van der Waals surface area (Å²) < 4.78 is 5.54. The highest BCUT2D eigenvalue weighted by molar-refractivity contribution is 5.81. The van der Waals surface area contributed by atoms with Gasteiger partial charge < -0.3 is 9.73 Å². The van der Waals surface area contributed by atoms with Crippen LogP contribution in [0.3, 0.4) is 0 Å². The van der Waals surface area contributed by atoms with Gasteiger partial charge in [0.25, 0.3) is 0 Å². The Labute approximate surface area is 112 Å². The normalized spacial score (nSPS) is 10.8. The molecule has 0 unspecified atom stereocenters. The highest BCUT2D eigenvalue weighted by Crippen LogP contribution is 2.20. The van der Waals surface area contributed by atoms with Gasteiger partial charge in [0.1, 0.15) is 17.3 Å². The molecule has 0 aliphatic carbocycles. The summed E-state index contributed by atoms with van der Waals surface area (Å²) in [5.74, 6) is 2.76. The van der Waals surface area contributed by atoms with Gasteiger partial charge >= 0.3 is 0 Å². The van der Waals surface area contributed by atoms with E-state index in [0.717, 1.165) is 28.4 Å². The number of benzene rings is 1. The van der Waals surface area contributed by atoms with E-state index in [1.54, 1.807) is 0 Å². The maximum absolute atomic E-state index is 5.54. The zero-order valence-electron chi connectivity index (χ0n) is 11.1. The molecule has 0 amide bonds. The van der Waals surface area contributed by atoms with Crippen LogP contribution in [-0.2, 0) is 6.54 Å². The van der Waals surface area contributed by atoms with Gasteiger partial charge in [-0.3, -0.25) is 0 Å². The van der Waals surface area contributed by atoms with Gasteiger partial charge in [-0.15, -0.1) is 0 Å². The van der Waals surface area contributed by atoms with Crippen molar-refractivity contribution in [2.75, 3.05) is 5.32 Å². The zero-order chi connectivity index (χ0) is 13.2. The van der Waals surface area contributed by atoms with Crippen molar-refractivity contribution < 1.29 is 4.42 Å². The van der Waals surface area contributed by atoms with E-state index in [-0.39, 0.29) is 0 Å². The first-order valence-corrected chi connectivity index (χ1v) is 6.38. The summed E-state index contributed by atoms with van der Waals surface area (Å²) in [4.78, 5) is 4.64. The molecule has 0 fully saturated rings. The van der Waals surface area contributed by atoms with E-state index in [2.05, 4.69) is 29.4 Å². The molecule has 0 atom stereocenters. The molecular weight excluding hydrogens is 236 g/mol. The van der Waals surface area contributed by atoms with Crippen molar-refractivity contribution in [2.24, 2.45) is 0 Å². The summed E-state index contributed by atoms with van der Waals surface area (Å²) in [5.41, 5.74) is 2.15. The Bertz CT molecular complexity index is 716. The second-order valence-corrected chi connectivity index (χ2v) is 4.71. The standard InChI is InChI=1S/C16H16N2O/c1-11-9-13-5-3-4-6-15(13)18-16(11)17-10-14-8-7-12(2)19-14/h3-9H,10H2,1-2H3,(H,17,18). The minimum Gasteiger partial charge on any atom is -0.465 e. The number of para-hydroxylation sites is 1. The summed E-state index contributed by atoms with van der Waals surface area (Å²) >= 11 is 0. The van der Waals surface area contributed by atoms with E-state index in [4.69, 9.17) is 4.42 Å². The third kappa shape index (κ3) is 2.45. The molecule has 1 N–H and O–H groups in total. The predicted octanol–water partition coefficient (Wildman–Crippen LogP) is 4.06. The third-order valence-electron chi connectivity index (χ3n) is 3.14. The van der Waals surface area contributed by atoms with Gasteiger partial charge in [0.15, 0.2) is 0 Å².